The first-order valence-electron chi connectivity index (χ1n) is 8.62. The Labute approximate surface area is 176 Å². The highest BCUT2D eigenvalue weighted by Gasteiger charge is 2.33. The van der Waals surface area contributed by atoms with E-state index in [1.54, 1.807) is 30.3 Å². The third-order valence-electron chi connectivity index (χ3n) is 4.35. The van der Waals surface area contributed by atoms with Crippen LogP contribution in [0.15, 0.2) is 70.0 Å². The third kappa shape index (κ3) is 3.85. The number of nitrogens with zero attached hydrogens (tertiary/aromatic N) is 2. The van der Waals surface area contributed by atoms with Crippen LogP contribution in [0, 0.1) is 17.0 Å². The molecule has 4 rings (SSSR count). The van der Waals surface area contributed by atoms with E-state index < -0.39 is 4.92 Å². The summed E-state index contributed by atoms with van der Waals surface area (Å²) in [6.45, 7) is 1.98. The third-order valence-corrected chi connectivity index (χ3v) is 5.77. The minimum absolute atomic E-state index is 0.0186. The van der Waals surface area contributed by atoms with Crippen LogP contribution in [0.4, 0.5) is 16.2 Å². The number of non-ortho nitro benzene ring substituents is 1. The van der Waals surface area contributed by atoms with Gasteiger partial charge >= 0.3 is 0 Å². The number of thioether (sulfide) groups is 1. The molecular weight excluding hydrogens is 408 g/mol. The molecule has 1 amide bonds. The van der Waals surface area contributed by atoms with Gasteiger partial charge in [-0.3, -0.25) is 19.8 Å². The summed E-state index contributed by atoms with van der Waals surface area (Å²) >= 11 is 6.56. The molecule has 144 valence electrons. The van der Waals surface area contributed by atoms with E-state index in [1.807, 2.05) is 31.2 Å². The van der Waals surface area contributed by atoms with Crippen molar-refractivity contribution in [1.29, 1.82) is 0 Å². The highest BCUT2D eigenvalue weighted by Crippen LogP contribution is 2.37. The molecule has 0 saturated carbocycles. The summed E-state index contributed by atoms with van der Waals surface area (Å²) in [6.07, 6.45) is 1.73. The zero-order valence-electron chi connectivity index (χ0n) is 15.2. The summed E-state index contributed by atoms with van der Waals surface area (Å²) < 4.78 is 5.82. The number of amides is 1. The van der Waals surface area contributed by atoms with Gasteiger partial charge < -0.3 is 4.42 Å². The number of anilines is 1. The smallest absolute Gasteiger partial charge is 0.296 e. The quantitative estimate of drug-likeness (QED) is 0.215. The van der Waals surface area contributed by atoms with Gasteiger partial charge in [-0.25, -0.2) is 0 Å². The normalized spacial score (nSPS) is 15.3. The molecule has 6 nitrogen and oxygen atoms in total. The van der Waals surface area contributed by atoms with Gasteiger partial charge in [-0.1, -0.05) is 29.9 Å². The van der Waals surface area contributed by atoms with Gasteiger partial charge in [0.1, 0.15) is 16.5 Å². The molecule has 3 aromatic rings. The zero-order valence-corrected chi connectivity index (χ0v) is 16.8. The minimum Gasteiger partial charge on any atom is -0.457 e. The number of benzene rings is 2. The zero-order chi connectivity index (χ0) is 20.5. The molecule has 0 radical (unpaired) electrons. The van der Waals surface area contributed by atoms with Crippen molar-refractivity contribution in [2.75, 3.05) is 4.90 Å². The van der Waals surface area contributed by atoms with Gasteiger partial charge in [-0.05, 0) is 61.2 Å². The largest absolute Gasteiger partial charge is 0.457 e. The fourth-order valence-electron chi connectivity index (χ4n) is 2.85. The molecule has 1 fully saturated rings. The first kappa shape index (κ1) is 19.1. The molecular formula is C21H14N2O4S2. The van der Waals surface area contributed by atoms with Crippen molar-refractivity contribution in [3.8, 4) is 11.3 Å². The van der Waals surface area contributed by atoms with Crippen LogP contribution in [0.1, 0.15) is 11.3 Å². The van der Waals surface area contributed by atoms with Crippen LogP contribution < -0.4 is 4.90 Å². The van der Waals surface area contributed by atoms with Gasteiger partial charge in [0.05, 0.1) is 15.5 Å². The minimum atomic E-state index is -0.448. The molecule has 0 unspecified atom stereocenters. The van der Waals surface area contributed by atoms with Crippen LogP contribution in [0.25, 0.3) is 17.4 Å². The number of thiocarbonyl (C=S) groups is 1. The molecule has 1 aliphatic rings. The van der Waals surface area contributed by atoms with Crippen molar-refractivity contribution < 1.29 is 14.1 Å². The monoisotopic (exact) mass is 422 g/mol. The van der Waals surface area contributed by atoms with Crippen LogP contribution in [0.3, 0.4) is 0 Å². The molecule has 0 bridgehead atoms. The van der Waals surface area contributed by atoms with Gasteiger partial charge in [0.2, 0.25) is 0 Å². The molecule has 1 aromatic heterocycles. The van der Waals surface area contributed by atoms with Crippen molar-refractivity contribution in [3.05, 3.63) is 87.0 Å². The molecule has 0 atom stereocenters. The second kappa shape index (κ2) is 7.65. The summed E-state index contributed by atoms with van der Waals surface area (Å²) in [4.78, 5) is 25.4. The van der Waals surface area contributed by atoms with E-state index in [1.165, 1.54) is 17.0 Å². The Balaban J connectivity index is 1.57. The highest BCUT2D eigenvalue weighted by atomic mass is 32.2. The molecule has 29 heavy (non-hydrogen) atoms. The number of nitro groups is 1. The molecule has 0 N–H and O–H groups in total. The van der Waals surface area contributed by atoms with E-state index in [9.17, 15) is 14.9 Å². The molecule has 1 saturated heterocycles. The van der Waals surface area contributed by atoms with Crippen LogP contribution in [-0.2, 0) is 0 Å². The average molecular weight is 422 g/mol. The molecule has 8 heteroatoms. The molecule has 1 aliphatic heterocycles. The molecule has 2 heterocycles. The number of aryl methyl sites for hydroxylation is 1. The Morgan fingerprint density at radius 3 is 2.41 bits per heavy atom. The maximum atomic E-state index is 12.5. The Kier molecular flexibility index (Phi) is 5.04. The standard InChI is InChI=1S/C21H14N2O4S2/c1-13-2-6-15(7-3-13)22-20(28)19(29-21(22)24)12-17-10-11-18(27-17)14-4-8-16(9-5-14)23(25)26/h2-12H,1H3/b19-12-. The van der Waals surface area contributed by atoms with Gasteiger partial charge in [-0.15, -0.1) is 0 Å². The van der Waals surface area contributed by atoms with E-state index in [0.717, 1.165) is 28.6 Å². The van der Waals surface area contributed by atoms with Crippen LogP contribution in [0.2, 0.25) is 0 Å². The molecule has 2 aromatic carbocycles. The molecule has 0 aliphatic carbocycles. The summed E-state index contributed by atoms with van der Waals surface area (Å²) in [6, 6.07) is 17.2. The number of hydrogen-bond donors (Lipinski definition) is 0. The predicted octanol–water partition coefficient (Wildman–Crippen LogP) is 6.20. The first-order chi connectivity index (χ1) is 13.9. The van der Waals surface area contributed by atoms with Crippen LogP contribution in [0.5, 0.6) is 0 Å². The number of hydrogen-bond acceptors (Lipinski definition) is 6. The SMILES string of the molecule is Cc1ccc(N2C(=O)S/C(=C\c3ccc(-c4ccc([N+](=O)[O-])cc4)o3)C2=S)cc1. The maximum absolute atomic E-state index is 12.5. The van der Waals surface area contributed by atoms with E-state index in [0.29, 0.717) is 21.4 Å². The Hall–Kier alpha value is -3.23. The van der Waals surface area contributed by atoms with Crippen molar-refractivity contribution in [2.24, 2.45) is 0 Å². The maximum Gasteiger partial charge on any atom is 0.296 e. The second-order valence-corrected chi connectivity index (χ2v) is 7.74. The van der Waals surface area contributed by atoms with Gasteiger partial charge in [0, 0.05) is 17.7 Å². The topological polar surface area (TPSA) is 76.6 Å². The Bertz CT molecular complexity index is 1150. The number of rotatable bonds is 4. The Morgan fingerprint density at radius 1 is 1.07 bits per heavy atom. The van der Waals surface area contributed by atoms with Crippen molar-refractivity contribution in [1.82, 2.24) is 0 Å². The number of carbonyl (C=O) groups excluding carboxylic acids is 1. The fourth-order valence-corrected chi connectivity index (χ4v) is 4.11. The summed E-state index contributed by atoms with van der Waals surface area (Å²) in [5, 5.41) is 10.6. The average Bonchev–Trinajstić information content (AvgIpc) is 3.28. The van der Waals surface area contributed by atoms with Crippen LogP contribution >= 0.6 is 24.0 Å². The first-order valence-corrected chi connectivity index (χ1v) is 9.84. The van der Waals surface area contributed by atoms with Gasteiger partial charge in [0.25, 0.3) is 10.9 Å². The Morgan fingerprint density at radius 2 is 1.76 bits per heavy atom. The summed E-state index contributed by atoms with van der Waals surface area (Å²) in [5.41, 5.74) is 2.57. The van der Waals surface area contributed by atoms with E-state index >= 15 is 0 Å². The lowest BCUT2D eigenvalue weighted by atomic mass is 10.1. The van der Waals surface area contributed by atoms with E-state index in [2.05, 4.69) is 0 Å². The second-order valence-electron chi connectivity index (χ2n) is 6.36. The number of carbonyl (C=O) groups is 1. The van der Waals surface area contributed by atoms with Gasteiger partial charge in [-0.2, -0.15) is 0 Å². The lowest BCUT2D eigenvalue weighted by Gasteiger charge is -2.14. The van der Waals surface area contributed by atoms with E-state index in [-0.39, 0.29) is 10.9 Å². The molecule has 0 spiro atoms. The lowest BCUT2D eigenvalue weighted by Crippen LogP contribution is -2.26. The summed E-state index contributed by atoms with van der Waals surface area (Å²) in [5.74, 6) is 1.11. The van der Waals surface area contributed by atoms with Crippen molar-refractivity contribution in [2.45, 2.75) is 6.92 Å². The summed E-state index contributed by atoms with van der Waals surface area (Å²) in [7, 11) is 0. The predicted molar refractivity (Wildman–Crippen MR) is 118 cm³/mol. The fraction of sp³-hybridized carbons (Fsp3) is 0.0476. The van der Waals surface area contributed by atoms with Crippen LogP contribution in [-0.4, -0.2) is 15.2 Å². The number of nitro benzene ring substituents is 1. The van der Waals surface area contributed by atoms with Crippen molar-refractivity contribution >= 4 is 51.7 Å². The van der Waals surface area contributed by atoms with E-state index in [4.69, 9.17) is 16.6 Å². The number of furan rings is 1. The highest BCUT2D eigenvalue weighted by molar-refractivity contribution is 8.20. The van der Waals surface area contributed by atoms with Crippen molar-refractivity contribution in [3.63, 3.8) is 0 Å². The van der Waals surface area contributed by atoms with Gasteiger partial charge in [0.15, 0.2) is 0 Å². The lowest BCUT2D eigenvalue weighted by molar-refractivity contribution is -0.384.